The Labute approximate surface area is 158 Å². The van der Waals surface area contributed by atoms with E-state index in [0.717, 1.165) is 73.0 Å². The second-order valence-electron chi connectivity index (χ2n) is 7.16. The topological polar surface area (TPSA) is 76.1 Å². The summed E-state index contributed by atoms with van der Waals surface area (Å²) in [6.45, 7) is 12.5. The van der Waals surface area contributed by atoms with Crippen molar-refractivity contribution in [3.63, 3.8) is 0 Å². The smallest absolute Gasteiger partial charge is 0.159 e. The van der Waals surface area contributed by atoms with Crippen molar-refractivity contribution in [2.75, 3.05) is 31.1 Å². The van der Waals surface area contributed by atoms with Crippen molar-refractivity contribution >= 4 is 5.82 Å². The predicted octanol–water partition coefficient (Wildman–Crippen LogP) is 2.21. The fourth-order valence-corrected chi connectivity index (χ4v) is 3.52. The monoisotopic (exact) mass is 367 g/mol. The van der Waals surface area contributed by atoms with Crippen LogP contribution in [0.15, 0.2) is 22.7 Å². The second-order valence-corrected chi connectivity index (χ2v) is 7.16. The normalized spacial score (nSPS) is 15.5. The van der Waals surface area contributed by atoms with Gasteiger partial charge in [-0.2, -0.15) is 5.10 Å². The van der Waals surface area contributed by atoms with Crippen molar-refractivity contribution in [1.29, 1.82) is 0 Å². The van der Waals surface area contributed by atoms with Crippen LogP contribution >= 0.6 is 0 Å². The van der Waals surface area contributed by atoms with E-state index in [-0.39, 0.29) is 0 Å². The van der Waals surface area contributed by atoms with Crippen LogP contribution in [0.25, 0.3) is 5.82 Å². The van der Waals surface area contributed by atoms with Gasteiger partial charge in [-0.25, -0.2) is 14.6 Å². The fourth-order valence-electron chi connectivity index (χ4n) is 3.52. The Bertz CT molecular complexity index is 937. The zero-order valence-electron chi connectivity index (χ0n) is 16.3. The Morgan fingerprint density at radius 2 is 1.67 bits per heavy atom. The summed E-state index contributed by atoms with van der Waals surface area (Å²) >= 11 is 0. The fraction of sp³-hybridized carbons (Fsp3) is 0.474. The van der Waals surface area contributed by atoms with Crippen molar-refractivity contribution in [3.8, 4) is 5.82 Å². The minimum absolute atomic E-state index is 0.760. The molecule has 0 aliphatic carbocycles. The quantitative estimate of drug-likeness (QED) is 0.700. The van der Waals surface area contributed by atoms with E-state index in [1.54, 1.807) is 0 Å². The van der Waals surface area contributed by atoms with Crippen molar-refractivity contribution in [3.05, 3.63) is 46.9 Å². The molecule has 8 heteroatoms. The highest BCUT2D eigenvalue weighted by Gasteiger charge is 2.20. The molecule has 0 atom stereocenters. The molecule has 0 amide bonds. The molecule has 4 rings (SSSR count). The first-order valence-electron chi connectivity index (χ1n) is 9.27. The maximum absolute atomic E-state index is 5.16. The molecule has 1 saturated heterocycles. The van der Waals surface area contributed by atoms with Gasteiger partial charge < -0.3 is 9.42 Å². The summed E-state index contributed by atoms with van der Waals surface area (Å²) in [4.78, 5) is 13.9. The number of hydrogen-bond donors (Lipinski definition) is 0. The summed E-state index contributed by atoms with van der Waals surface area (Å²) in [6.07, 6.45) is 0. The SMILES string of the molecule is Cc1cc(C)n(-c2cc(N3CCN(Cc4cc(C)on4)CC3)nc(C)n2)n1. The molecule has 0 N–H and O–H groups in total. The molecule has 0 aromatic carbocycles. The van der Waals surface area contributed by atoms with Crippen molar-refractivity contribution in [2.45, 2.75) is 34.2 Å². The molecule has 0 radical (unpaired) electrons. The Morgan fingerprint density at radius 3 is 2.30 bits per heavy atom. The number of rotatable bonds is 4. The highest BCUT2D eigenvalue weighted by atomic mass is 16.5. The maximum Gasteiger partial charge on any atom is 0.159 e. The standard InChI is InChI=1S/C19H25N7O/c1-13-9-14(2)26(22-13)19-11-18(20-16(4)21-19)25-7-5-24(6-8-25)12-17-10-15(3)27-23-17/h9-11H,5-8,12H2,1-4H3. The third-order valence-corrected chi connectivity index (χ3v) is 4.80. The lowest BCUT2D eigenvalue weighted by Crippen LogP contribution is -2.46. The van der Waals surface area contributed by atoms with Crippen LogP contribution in [0.1, 0.15) is 28.7 Å². The highest BCUT2D eigenvalue weighted by molar-refractivity contribution is 5.45. The first kappa shape index (κ1) is 17.7. The molecule has 3 aromatic rings. The van der Waals surface area contributed by atoms with Gasteiger partial charge in [0.15, 0.2) is 5.82 Å². The minimum atomic E-state index is 0.760. The Kier molecular flexibility index (Phi) is 4.65. The molecule has 1 aliphatic rings. The maximum atomic E-state index is 5.16. The van der Waals surface area contributed by atoms with E-state index in [2.05, 4.69) is 36.1 Å². The zero-order valence-corrected chi connectivity index (χ0v) is 16.3. The summed E-state index contributed by atoms with van der Waals surface area (Å²) < 4.78 is 7.05. The first-order valence-corrected chi connectivity index (χ1v) is 9.27. The van der Waals surface area contributed by atoms with Gasteiger partial charge in [0.05, 0.1) is 11.4 Å². The average molecular weight is 367 g/mol. The van der Waals surface area contributed by atoms with Crippen LogP contribution in [0.2, 0.25) is 0 Å². The molecule has 0 unspecified atom stereocenters. The zero-order chi connectivity index (χ0) is 19.0. The van der Waals surface area contributed by atoms with Crippen LogP contribution in [0.5, 0.6) is 0 Å². The molecule has 8 nitrogen and oxygen atoms in total. The summed E-state index contributed by atoms with van der Waals surface area (Å²) in [5, 5.41) is 8.65. The summed E-state index contributed by atoms with van der Waals surface area (Å²) in [7, 11) is 0. The first-order chi connectivity index (χ1) is 13.0. The third-order valence-electron chi connectivity index (χ3n) is 4.80. The van der Waals surface area contributed by atoms with Crippen molar-refractivity contribution < 1.29 is 4.52 Å². The largest absolute Gasteiger partial charge is 0.361 e. The molecule has 142 valence electrons. The third kappa shape index (κ3) is 3.85. The lowest BCUT2D eigenvalue weighted by Gasteiger charge is -2.35. The van der Waals surface area contributed by atoms with E-state index in [9.17, 15) is 0 Å². The number of piperazine rings is 1. The molecule has 0 saturated carbocycles. The van der Waals surface area contributed by atoms with E-state index >= 15 is 0 Å². The van der Waals surface area contributed by atoms with Crippen LogP contribution in [-0.4, -0.2) is 56.0 Å². The summed E-state index contributed by atoms with van der Waals surface area (Å²) in [5.41, 5.74) is 3.05. The predicted molar refractivity (Wildman–Crippen MR) is 102 cm³/mol. The van der Waals surface area contributed by atoms with E-state index in [1.807, 2.05) is 44.5 Å². The number of anilines is 1. The van der Waals surface area contributed by atoms with Crippen molar-refractivity contribution in [1.82, 2.24) is 29.8 Å². The minimum Gasteiger partial charge on any atom is -0.361 e. The number of hydrogen-bond acceptors (Lipinski definition) is 7. The molecule has 1 fully saturated rings. The van der Waals surface area contributed by atoms with E-state index in [0.29, 0.717) is 0 Å². The van der Waals surface area contributed by atoms with Gasteiger partial charge in [0.1, 0.15) is 17.4 Å². The van der Waals surface area contributed by atoms with Crippen LogP contribution in [-0.2, 0) is 6.54 Å². The number of aromatic nitrogens is 5. The van der Waals surface area contributed by atoms with Gasteiger partial charge in [0.2, 0.25) is 0 Å². The Morgan fingerprint density at radius 1 is 0.926 bits per heavy atom. The molecular formula is C19H25N7O. The lowest BCUT2D eigenvalue weighted by atomic mass is 10.2. The van der Waals surface area contributed by atoms with Gasteiger partial charge in [-0.1, -0.05) is 5.16 Å². The average Bonchev–Trinajstić information content (AvgIpc) is 3.19. The van der Waals surface area contributed by atoms with Gasteiger partial charge in [-0.05, 0) is 33.8 Å². The summed E-state index contributed by atoms with van der Waals surface area (Å²) in [5.74, 6) is 3.40. The van der Waals surface area contributed by atoms with Crippen LogP contribution in [0.4, 0.5) is 5.82 Å². The second kappa shape index (κ2) is 7.11. The number of nitrogens with zero attached hydrogens (tertiary/aromatic N) is 7. The van der Waals surface area contributed by atoms with Gasteiger partial charge >= 0.3 is 0 Å². The Balaban J connectivity index is 1.47. The Hall–Kier alpha value is -2.74. The summed E-state index contributed by atoms with van der Waals surface area (Å²) in [6, 6.07) is 6.09. The lowest BCUT2D eigenvalue weighted by molar-refractivity contribution is 0.241. The van der Waals surface area contributed by atoms with Gasteiger partial charge in [0.25, 0.3) is 0 Å². The van der Waals surface area contributed by atoms with Crippen LogP contribution in [0, 0.1) is 27.7 Å². The highest BCUT2D eigenvalue weighted by Crippen LogP contribution is 2.19. The van der Waals surface area contributed by atoms with Crippen molar-refractivity contribution in [2.24, 2.45) is 0 Å². The van der Waals surface area contributed by atoms with Gasteiger partial charge in [-0.15, -0.1) is 0 Å². The molecule has 3 aromatic heterocycles. The molecule has 4 heterocycles. The van der Waals surface area contributed by atoms with E-state index in [4.69, 9.17) is 4.52 Å². The molecular weight excluding hydrogens is 342 g/mol. The van der Waals surface area contributed by atoms with Gasteiger partial charge in [0, 0.05) is 50.6 Å². The van der Waals surface area contributed by atoms with Gasteiger partial charge in [-0.3, -0.25) is 4.90 Å². The molecule has 27 heavy (non-hydrogen) atoms. The van der Waals surface area contributed by atoms with E-state index < -0.39 is 0 Å². The molecule has 0 bridgehead atoms. The molecule has 0 spiro atoms. The molecule has 1 aliphatic heterocycles. The van der Waals surface area contributed by atoms with Crippen LogP contribution in [0.3, 0.4) is 0 Å². The number of aryl methyl sites for hydroxylation is 4. The van der Waals surface area contributed by atoms with E-state index in [1.165, 1.54) is 0 Å². The van der Waals surface area contributed by atoms with Crippen LogP contribution < -0.4 is 4.90 Å².